The van der Waals surface area contributed by atoms with E-state index in [1.165, 1.54) is 30.1 Å². The summed E-state index contributed by atoms with van der Waals surface area (Å²) in [5.41, 5.74) is 8.07. The molecular formula is C13H11N5OS. The van der Waals surface area contributed by atoms with Gasteiger partial charge in [-0.2, -0.15) is 0 Å². The molecule has 20 heavy (non-hydrogen) atoms. The predicted octanol–water partition coefficient (Wildman–Crippen LogP) is 2.23. The van der Waals surface area contributed by atoms with Crippen molar-refractivity contribution in [2.75, 3.05) is 11.1 Å². The molecule has 0 spiro atoms. The van der Waals surface area contributed by atoms with Gasteiger partial charge in [0.2, 0.25) is 0 Å². The van der Waals surface area contributed by atoms with Crippen molar-refractivity contribution in [2.24, 2.45) is 0 Å². The number of amides is 1. The number of pyridine rings is 1. The lowest BCUT2D eigenvalue weighted by Crippen LogP contribution is -2.12. The minimum absolute atomic E-state index is 0.278. The predicted molar refractivity (Wildman–Crippen MR) is 78.8 cm³/mol. The zero-order valence-electron chi connectivity index (χ0n) is 10.6. The third-order valence-electron chi connectivity index (χ3n) is 2.86. The average Bonchev–Trinajstić information content (AvgIpc) is 2.79. The van der Waals surface area contributed by atoms with Crippen LogP contribution in [0.4, 0.5) is 11.4 Å². The summed E-state index contributed by atoms with van der Waals surface area (Å²) in [5, 5.41) is 3.56. The molecule has 3 N–H and O–H groups in total. The van der Waals surface area contributed by atoms with Crippen LogP contribution in [0.3, 0.4) is 0 Å². The van der Waals surface area contributed by atoms with Crippen LogP contribution in [0.2, 0.25) is 0 Å². The SMILES string of the molecule is Cc1ccnc2sc(C(=O)Nc3cncnc3)c(N)c12. The van der Waals surface area contributed by atoms with Gasteiger partial charge in [0.25, 0.3) is 5.91 Å². The van der Waals surface area contributed by atoms with Crippen LogP contribution < -0.4 is 11.1 Å². The van der Waals surface area contributed by atoms with Gasteiger partial charge in [0.1, 0.15) is 16.0 Å². The number of aromatic nitrogens is 3. The van der Waals surface area contributed by atoms with E-state index in [0.717, 1.165) is 15.8 Å². The number of thiophene rings is 1. The molecule has 100 valence electrons. The molecule has 0 saturated carbocycles. The van der Waals surface area contributed by atoms with E-state index in [4.69, 9.17) is 5.73 Å². The van der Waals surface area contributed by atoms with E-state index in [9.17, 15) is 4.79 Å². The molecule has 0 aliphatic carbocycles. The summed E-state index contributed by atoms with van der Waals surface area (Å²) < 4.78 is 0. The van der Waals surface area contributed by atoms with Crippen LogP contribution in [-0.2, 0) is 0 Å². The number of rotatable bonds is 2. The second-order valence-electron chi connectivity index (χ2n) is 4.23. The van der Waals surface area contributed by atoms with Crippen molar-refractivity contribution in [3.63, 3.8) is 0 Å². The Hall–Kier alpha value is -2.54. The van der Waals surface area contributed by atoms with Crippen LogP contribution in [0.1, 0.15) is 15.2 Å². The number of nitrogens with two attached hydrogens (primary N) is 1. The van der Waals surface area contributed by atoms with Crippen molar-refractivity contribution in [3.05, 3.63) is 41.4 Å². The molecule has 1 amide bonds. The second kappa shape index (κ2) is 4.86. The second-order valence-corrected chi connectivity index (χ2v) is 5.23. The van der Waals surface area contributed by atoms with Gasteiger partial charge >= 0.3 is 0 Å². The van der Waals surface area contributed by atoms with Crippen molar-refractivity contribution in [1.82, 2.24) is 15.0 Å². The molecule has 7 heteroatoms. The molecule has 0 bridgehead atoms. The van der Waals surface area contributed by atoms with Crippen LogP contribution in [0.5, 0.6) is 0 Å². The van der Waals surface area contributed by atoms with Crippen molar-refractivity contribution in [3.8, 4) is 0 Å². The molecule has 0 aliphatic rings. The molecule has 6 nitrogen and oxygen atoms in total. The van der Waals surface area contributed by atoms with Crippen molar-refractivity contribution >= 4 is 38.8 Å². The van der Waals surface area contributed by atoms with Gasteiger partial charge in [0.05, 0.1) is 23.8 Å². The summed E-state index contributed by atoms with van der Waals surface area (Å²) in [6.07, 6.45) is 6.16. The number of carbonyl (C=O) groups excluding carboxylic acids is 1. The number of hydrogen-bond acceptors (Lipinski definition) is 6. The Bertz CT molecular complexity index is 784. The summed E-state index contributed by atoms with van der Waals surface area (Å²) in [6, 6.07) is 1.87. The molecule has 0 aromatic carbocycles. The topological polar surface area (TPSA) is 93.8 Å². The first-order chi connectivity index (χ1) is 9.66. The molecule has 3 rings (SSSR count). The fourth-order valence-corrected chi connectivity index (χ4v) is 2.96. The summed E-state index contributed by atoms with van der Waals surface area (Å²) in [5.74, 6) is -0.278. The molecular weight excluding hydrogens is 274 g/mol. The summed E-state index contributed by atoms with van der Waals surface area (Å²) >= 11 is 1.28. The highest BCUT2D eigenvalue weighted by atomic mass is 32.1. The molecule has 0 aliphatic heterocycles. The Morgan fingerprint density at radius 2 is 2.10 bits per heavy atom. The zero-order chi connectivity index (χ0) is 14.1. The van der Waals surface area contributed by atoms with Crippen LogP contribution in [-0.4, -0.2) is 20.9 Å². The fraction of sp³-hybridized carbons (Fsp3) is 0.0769. The number of carbonyl (C=O) groups is 1. The van der Waals surface area contributed by atoms with Crippen molar-refractivity contribution in [2.45, 2.75) is 6.92 Å². The third-order valence-corrected chi connectivity index (χ3v) is 3.97. The van der Waals surface area contributed by atoms with Gasteiger partial charge in [0, 0.05) is 11.6 Å². The minimum atomic E-state index is -0.278. The van der Waals surface area contributed by atoms with Crippen molar-refractivity contribution < 1.29 is 4.79 Å². The smallest absolute Gasteiger partial charge is 0.268 e. The van der Waals surface area contributed by atoms with E-state index in [1.807, 2.05) is 13.0 Å². The molecule has 0 saturated heterocycles. The quantitative estimate of drug-likeness (QED) is 0.753. The Labute approximate surface area is 118 Å². The van der Waals surface area contributed by atoms with Crippen molar-refractivity contribution in [1.29, 1.82) is 0 Å². The van der Waals surface area contributed by atoms with Crippen LogP contribution >= 0.6 is 11.3 Å². The van der Waals surface area contributed by atoms with E-state index >= 15 is 0 Å². The molecule has 3 heterocycles. The Morgan fingerprint density at radius 1 is 1.35 bits per heavy atom. The maximum absolute atomic E-state index is 12.3. The minimum Gasteiger partial charge on any atom is -0.397 e. The number of nitrogens with zero attached hydrogens (tertiary/aromatic N) is 3. The van der Waals surface area contributed by atoms with Crippen LogP contribution in [0.15, 0.2) is 31.0 Å². The summed E-state index contributed by atoms with van der Waals surface area (Å²) in [7, 11) is 0. The van der Waals surface area contributed by atoms with Crippen LogP contribution in [0, 0.1) is 6.92 Å². The highest BCUT2D eigenvalue weighted by molar-refractivity contribution is 7.21. The normalized spacial score (nSPS) is 10.7. The van der Waals surface area contributed by atoms with Crippen LogP contribution in [0.25, 0.3) is 10.2 Å². The Balaban J connectivity index is 2.00. The monoisotopic (exact) mass is 285 g/mol. The highest BCUT2D eigenvalue weighted by Crippen LogP contribution is 2.34. The number of hydrogen-bond donors (Lipinski definition) is 2. The van der Waals surface area contributed by atoms with Gasteiger partial charge in [-0.25, -0.2) is 15.0 Å². The molecule has 3 aromatic rings. The molecule has 0 radical (unpaired) electrons. The lowest BCUT2D eigenvalue weighted by atomic mass is 10.2. The lowest BCUT2D eigenvalue weighted by molar-refractivity contribution is 0.103. The first-order valence-electron chi connectivity index (χ1n) is 5.87. The molecule has 0 fully saturated rings. The Kier molecular flexibility index (Phi) is 3.03. The van der Waals surface area contributed by atoms with Gasteiger partial charge in [-0.05, 0) is 18.6 Å². The van der Waals surface area contributed by atoms with E-state index in [0.29, 0.717) is 16.3 Å². The summed E-state index contributed by atoms with van der Waals surface area (Å²) in [4.78, 5) is 25.4. The fourth-order valence-electron chi connectivity index (χ4n) is 1.92. The van der Waals surface area contributed by atoms with E-state index in [-0.39, 0.29) is 5.91 Å². The highest BCUT2D eigenvalue weighted by Gasteiger charge is 2.18. The first-order valence-corrected chi connectivity index (χ1v) is 6.68. The average molecular weight is 285 g/mol. The first kappa shape index (κ1) is 12.5. The number of nitrogens with one attached hydrogen (secondary N) is 1. The number of nitrogen functional groups attached to an aromatic ring is 1. The van der Waals surface area contributed by atoms with Gasteiger partial charge in [-0.3, -0.25) is 4.79 Å². The molecule has 0 unspecified atom stereocenters. The molecule has 0 atom stereocenters. The largest absolute Gasteiger partial charge is 0.397 e. The van der Waals surface area contributed by atoms with Gasteiger partial charge in [0.15, 0.2) is 0 Å². The van der Waals surface area contributed by atoms with E-state index < -0.39 is 0 Å². The Morgan fingerprint density at radius 3 is 2.80 bits per heavy atom. The van der Waals surface area contributed by atoms with Gasteiger partial charge < -0.3 is 11.1 Å². The number of aryl methyl sites for hydroxylation is 1. The maximum atomic E-state index is 12.3. The van der Waals surface area contributed by atoms with Gasteiger partial charge in [-0.1, -0.05) is 0 Å². The van der Waals surface area contributed by atoms with E-state index in [2.05, 4.69) is 20.3 Å². The molecule has 3 aromatic heterocycles. The zero-order valence-corrected chi connectivity index (χ0v) is 11.4. The number of anilines is 2. The van der Waals surface area contributed by atoms with Gasteiger partial charge in [-0.15, -0.1) is 11.3 Å². The summed E-state index contributed by atoms with van der Waals surface area (Å²) in [6.45, 7) is 1.94. The maximum Gasteiger partial charge on any atom is 0.268 e. The van der Waals surface area contributed by atoms with E-state index in [1.54, 1.807) is 6.20 Å². The standard InChI is InChI=1S/C13H11N5OS/c1-7-2-3-17-13-9(7)10(14)11(20-13)12(19)18-8-4-15-6-16-5-8/h2-6H,14H2,1H3,(H,18,19). The third kappa shape index (κ3) is 2.08. The number of fused-ring (bicyclic) bond motifs is 1. The lowest BCUT2D eigenvalue weighted by Gasteiger charge is -2.02.